The molecule has 0 unspecified atom stereocenters. The SMILES string of the molecule is C=CCN1C(=O)C(=Cc2cn(C(C)=O)c3ccccc23)C(=O)NC1=S. The van der Waals surface area contributed by atoms with E-state index < -0.39 is 11.8 Å². The Bertz CT molecular complexity index is 971. The second kappa shape index (κ2) is 6.45. The lowest BCUT2D eigenvalue weighted by Crippen LogP contribution is -2.53. The average Bonchev–Trinajstić information content (AvgIpc) is 2.94. The minimum absolute atomic E-state index is 0.0399. The van der Waals surface area contributed by atoms with Crippen molar-refractivity contribution in [2.24, 2.45) is 0 Å². The molecule has 126 valence electrons. The minimum Gasteiger partial charge on any atom is -0.298 e. The quantitative estimate of drug-likeness (QED) is 0.397. The average molecular weight is 353 g/mol. The molecule has 1 aliphatic rings. The van der Waals surface area contributed by atoms with Crippen LogP contribution >= 0.6 is 12.2 Å². The summed E-state index contributed by atoms with van der Waals surface area (Å²) in [7, 11) is 0. The number of rotatable bonds is 3. The van der Waals surface area contributed by atoms with Crippen molar-refractivity contribution in [3.63, 3.8) is 0 Å². The lowest BCUT2D eigenvalue weighted by atomic mass is 10.1. The van der Waals surface area contributed by atoms with Crippen molar-refractivity contribution >= 4 is 52.0 Å². The van der Waals surface area contributed by atoms with Gasteiger partial charge in [0.25, 0.3) is 11.8 Å². The number of para-hydroxylation sites is 1. The molecule has 0 bridgehead atoms. The molecule has 1 aliphatic heterocycles. The van der Waals surface area contributed by atoms with Crippen molar-refractivity contribution < 1.29 is 14.4 Å². The van der Waals surface area contributed by atoms with Crippen LogP contribution in [-0.4, -0.2) is 38.8 Å². The van der Waals surface area contributed by atoms with E-state index in [0.717, 1.165) is 5.39 Å². The highest BCUT2D eigenvalue weighted by atomic mass is 32.1. The predicted molar refractivity (Wildman–Crippen MR) is 98.9 cm³/mol. The number of thiocarbonyl (C=S) groups is 1. The number of carbonyl (C=O) groups excluding carboxylic acids is 3. The van der Waals surface area contributed by atoms with Crippen LogP contribution in [0.5, 0.6) is 0 Å². The maximum absolute atomic E-state index is 12.6. The molecule has 1 aromatic carbocycles. The largest absolute Gasteiger partial charge is 0.298 e. The zero-order valence-electron chi connectivity index (χ0n) is 13.5. The highest BCUT2D eigenvalue weighted by Gasteiger charge is 2.32. The van der Waals surface area contributed by atoms with E-state index in [4.69, 9.17) is 12.2 Å². The standard InChI is InChI=1S/C18H15N3O3S/c1-3-8-20-17(24)14(16(23)19-18(20)25)9-12-10-21(11(2)22)15-7-5-4-6-13(12)15/h3-7,9-10H,1,8H2,2H3,(H,19,23,25). The molecule has 1 N–H and O–H groups in total. The Hall–Kier alpha value is -3.06. The van der Waals surface area contributed by atoms with Gasteiger partial charge in [-0.25, -0.2) is 0 Å². The van der Waals surface area contributed by atoms with Crippen molar-refractivity contribution in [2.75, 3.05) is 6.54 Å². The Labute approximate surface area is 149 Å². The van der Waals surface area contributed by atoms with E-state index >= 15 is 0 Å². The molecule has 3 rings (SSSR count). The Morgan fingerprint density at radius 3 is 2.72 bits per heavy atom. The number of benzene rings is 1. The summed E-state index contributed by atoms with van der Waals surface area (Å²) in [6.45, 7) is 5.24. The molecule has 1 aromatic heterocycles. The van der Waals surface area contributed by atoms with Gasteiger partial charge in [-0.1, -0.05) is 24.3 Å². The predicted octanol–water partition coefficient (Wildman–Crippen LogP) is 2.11. The number of amides is 2. The summed E-state index contributed by atoms with van der Waals surface area (Å²) in [5.74, 6) is -1.21. The van der Waals surface area contributed by atoms with Gasteiger partial charge in [0.15, 0.2) is 5.11 Å². The summed E-state index contributed by atoms with van der Waals surface area (Å²) < 4.78 is 1.49. The van der Waals surface area contributed by atoms with Crippen LogP contribution < -0.4 is 5.32 Å². The van der Waals surface area contributed by atoms with Crippen LogP contribution in [-0.2, 0) is 9.59 Å². The van der Waals surface area contributed by atoms with Gasteiger partial charge in [-0.05, 0) is 24.4 Å². The highest BCUT2D eigenvalue weighted by Crippen LogP contribution is 2.25. The third-order valence-corrected chi connectivity index (χ3v) is 4.20. The second-order valence-corrected chi connectivity index (χ2v) is 5.90. The molecule has 2 aromatic rings. The fourth-order valence-corrected chi connectivity index (χ4v) is 2.98. The molecule has 25 heavy (non-hydrogen) atoms. The van der Waals surface area contributed by atoms with Crippen LogP contribution in [0.1, 0.15) is 17.3 Å². The maximum Gasteiger partial charge on any atom is 0.265 e. The zero-order chi connectivity index (χ0) is 18.1. The van der Waals surface area contributed by atoms with E-state index in [0.29, 0.717) is 11.1 Å². The molecule has 2 heterocycles. The topological polar surface area (TPSA) is 71.4 Å². The monoisotopic (exact) mass is 353 g/mol. The Morgan fingerprint density at radius 2 is 2.04 bits per heavy atom. The summed E-state index contributed by atoms with van der Waals surface area (Å²) >= 11 is 5.03. The summed E-state index contributed by atoms with van der Waals surface area (Å²) in [5, 5.41) is 3.33. The summed E-state index contributed by atoms with van der Waals surface area (Å²) in [6, 6.07) is 7.29. The van der Waals surface area contributed by atoms with E-state index in [1.807, 2.05) is 18.2 Å². The van der Waals surface area contributed by atoms with Gasteiger partial charge in [-0.15, -0.1) is 6.58 Å². The molecule has 0 spiro atoms. The zero-order valence-corrected chi connectivity index (χ0v) is 14.3. The minimum atomic E-state index is -0.560. The van der Waals surface area contributed by atoms with Crippen LogP contribution in [0.15, 0.2) is 48.7 Å². The Balaban J connectivity index is 2.14. The number of nitrogens with zero attached hydrogens (tertiary/aromatic N) is 2. The van der Waals surface area contributed by atoms with E-state index in [2.05, 4.69) is 11.9 Å². The first-order valence-corrected chi connectivity index (χ1v) is 7.95. The van der Waals surface area contributed by atoms with Gasteiger partial charge in [-0.3, -0.25) is 29.2 Å². The van der Waals surface area contributed by atoms with Gasteiger partial charge < -0.3 is 0 Å². The fraction of sp³-hybridized carbons (Fsp3) is 0.111. The number of carbonyl (C=O) groups is 3. The number of fused-ring (bicyclic) bond motifs is 1. The smallest absolute Gasteiger partial charge is 0.265 e. The van der Waals surface area contributed by atoms with Crippen molar-refractivity contribution in [3.8, 4) is 0 Å². The normalized spacial score (nSPS) is 16.4. The van der Waals surface area contributed by atoms with E-state index in [9.17, 15) is 14.4 Å². The third-order valence-electron chi connectivity index (χ3n) is 3.88. The maximum atomic E-state index is 12.6. The van der Waals surface area contributed by atoms with Crippen molar-refractivity contribution in [1.29, 1.82) is 0 Å². The number of aromatic nitrogens is 1. The fourth-order valence-electron chi connectivity index (χ4n) is 2.73. The lowest BCUT2D eigenvalue weighted by Gasteiger charge is -2.27. The molecule has 0 radical (unpaired) electrons. The van der Waals surface area contributed by atoms with Gasteiger partial charge in [0.1, 0.15) is 5.57 Å². The van der Waals surface area contributed by atoms with Crippen molar-refractivity contribution in [2.45, 2.75) is 6.92 Å². The molecular formula is C18H15N3O3S. The van der Waals surface area contributed by atoms with Crippen molar-refractivity contribution in [1.82, 2.24) is 14.8 Å². The molecular weight excluding hydrogens is 338 g/mol. The molecule has 0 saturated carbocycles. The van der Waals surface area contributed by atoms with E-state index in [-0.39, 0.29) is 23.1 Å². The van der Waals surface area contributed by atoms with Crippen LogP contribution in [0.4, 0.5) is 0 Å². The van der Waals surface area contributed by atoms with Gasteiger partial charge in [0, 0.05) is 30.6 Å². The van der Waals surface area contributed by atoms with E-state index in [1.54, 1.807) is 12.3 Å². The third kappa shape index (κ3) is 2.89. The van der Waals surface area contributed by atoms with Gasteiger partial charge in [0.05, 0.1) is 5.52 Å². The molecule has 1 saturated heterocycles. The number of hydrogen-bond donors (Lipinski definition) is 1. The first-order valence-electron chi connectivity index (χ1n) is 7.55. The number of nitrogens with one attached hydrogen (secondary N) is 1. The summed E-state index contributed by atoms with van der Waals surface area (Å²) in [5.41, 5.74) is 1.28. The lowest BCUT2D eigenvalue weighted by molar-refractivity contribution is -0.128. The molecule has 2 amide bonds. The number of hydrogen-bond acceptors (Lipinski definition) is 4. The Morgan fingerprint density at radius 1 is 1.32 bits per heavy atom. The second-order valence-electron chi connectivity index (χ2n) is 5.51. The van der Waals surface area contributed by atoms with Crippen LogP contribution in [0.25, 0.3) is 17.0 Å². The van der Waals surface area contributed by atoms with Crippen molar-refractivity contribution in [3.05, 3.63) is 54.3 Å². The van der Waals surface area contributed by atoms with Crippen LogP contribution in [0, 0.1) is 0 Å². The summed E-state index contributed by atoms with van der Waals surface area (Å²) in [6.07, 6.45) is 4.63. The molecule has 0 atom stereocenters. The first kappa shape index (κ1) is 16.8. The van der Waals surface area contributed by atoms with Gasteiger partial charge in [-0.2, -0.15) is 0 Å². The molecule has 0 aliphatic carbocycles. The summed E-state index contributed by atoms with van der Waals surface area (Å²) in [4.78, 5) is 37.9. The van der Waals surface area contributed by atoms with Gasteiger partial charge in [0.2, 0.25) is 5.91 Å². The van der Waals surface area contributed by atoms with E-state index in [1.165, 1.54) is 28.5 Å². The molecule has 1 fully saturated rings. The highest BCUT2D eigenvalue weighted by molar-refractivity contribution is 7.80. The van der Waals surface area contributed by atoms with Crippen LogP contribution in [0.2, 0.25) is 0 Å². The molecule has 7 heteroatoms. The van der Waals surface area contributed by atoms with Crippen LogP contribution in [0.3, 0.4) is 0 Å². The molecule has 6 nitrogen and oxygen atoms in total. The van der Waals surface area contributed by atoms with Gasteiger partial charge >= 0.3 is 0 Å². The first-order chi connectivity index (χ1) is 11.9. The Kier molecular flexibility index (Phi) is 4.33.